The van der Waals surface area contributed by atoms with Gasteiger partial charge in [-0.1, -0.05) is 22.0 Å². The van der Waals surface area contributed by atoms with Gasteiger partial charge in [-0.2, -0.15) is 4.40 Å². The highest BCUT2D eigenvalue weighted by atomic mass is 79.9. The molecule has 24 heavy (non-hydrogen) atoms. The quantitative estimate of drug-likeness (QED) is 0.698. The predicted octanol–water partition coefficient (Wildman–Crippen LogP) is 4.83. The van der Waals surface area contributed by atoms with Crippen LogP contribution >= 0.6 is 15.9 Å². The van der Waals surface area contributed by atoms with Crippen molar-refractivity contribution in [1.29, 1.82) is 0 Å². The van der Waals surface area contributed by atoms with Crippen LogP contribution in [0.2, 0.25) is 0 Å². The highest BCUT2D eigenvalue weighted by molar-refractivity contribution is 9.10. The first-order chi connectivity index (χ1) is 11.2. The molecule has 132 valence electrons. The lowest BCUT2D eigenvalue weighted by atomic mass is 9.70. The number of hydrogen-bond donors (Lipinski definition) is 0. The Morgan fingerprint density at radius 1 is 1.29 bits per heavy atom. The van der Waals surface area contributed by atoms with Crippen LogP contribution in [0.1, 0.15) is 57.6 Å². The third kappa shape index (κ3) is 3.40. The summed E-state index contributed by atoms with van der Waals surface area (Å²) in [6.45, 7) is 5.95. The number of rotatable bonds is 2. The molecule has 0 radical (unpaired) electrons. The minimum atomic E-state index is -1.24. The molecule has 0 amide bonds. The van der Waals surface area contributed by atoms with Crippen molar-refractivity contribution in [3.8, 4) is 0 Å². The Hall–Kier alpha value is -0.520. The maximum absolute atomic E-state index is 12.7. The van der Waals surface area contributed by atoms with Crippen LogP contribution in [0.25, 0.3) is 0 Å². The van der Waals surface area contributed by atoms with Gasteiger partial charge in [0.05, 0.1) is 16.6 Å². The molecule has 0 aromatic heterocycles. The van der Waals surface area contributed by atoms with Crippen molar-refractivity contribution >= 4 is 32.6 Å². The number of nitrogens with zero attached hydrogens (tertiary/aromatic N) is 1. The Morgan fingerprint density at radius 2 is 1.96 bits per heavy atom. The van der Waals surface area contributed by atoms with E-state index in [4.69, 9.17) is 9.13 Å². The van der Waals surface area contributed by atoms with Crippen molar-refractivity contribution in [2.45, 2.75) is 63.7 Å². The van der Waals surface area contributed by atoms with E-state index in [9.17, 15) is 4.21 Å². The summed E-state index contributed by atoms with van der Waals surface area (Å²) in [5.41, 5.74) is 3.59. The molecule has 1 atom stereocenters. The second-order valence-electron chi connectivity index (χ2n) is 8.00. The molecule has 0 N–H and O–H groups in total. The van der Waals surface area contributed by atoms with E-state index in [2.05, 4.69) is 34.1 Å². The van der Waals surface area contributed by atoms with Gasteiger partial charge in [0.15, 0.2) is 0 Å². The van der Waals surface area contributed by atoms with Gasteiger partial charge in [0.1, 0.15) is 11.0 Å². The first-order valence-corrected chi connectivity index (χ1v) is 10.5. The van der Waals surface area contributed by atoms with Crippen molar-refractivity contribution < 1.29 is 8.95 Å². The molecular weight excluding hydrogens is 386 g/mol. The lowest BCUT2D eigenvalue weighted by Gasteiger charge is -2.37. The number of methoxy groups -OCH3 is 1. The smallest absolute Gasteiger partial charge is 0.145 e. The Balaban J connectivity index is 2.04. The SMILES string of the molecule is COC1CCC2(CC1)Cc1ccc(Br)cc1/C2=N/S(=O)C(C)(C)C. The van der Waals surface area contributed by atoms with Gasteiger partial charge < -0.3 is 4.74 Å². The minimum Gasteiger partial charge on any atom is -0.381 e. The maximum atomic E-state index is 12.7. The minimum absolute atomic E-state index is 0.0269. The molecule has 1 spiro atoms. The van der Waals surface area contributed by atoms with Crippen molar-refractivity contribution in [3.63, 3.8) is 0 Å². The summed E-state index contributed by atoms with van der Waals surface area (Å²) in [6, 6.07) is 6.42. The van der Waals surface area contributed by atoms with Gasteiger partial charge in [0.2, 0.25) is 0 Å². The van der Waals surface area contributed by atoms with E-state index < -0.39 is 11.0 Å². The van der Waals surface area contributed by atoms with Gasteiger partial charge in [-0.05, 0) is 70.6 Å². The van der Waals surface area contributed by atoms with Crippen LogP contribution in [-0.4, -0.2) is 27.9 Å². The van der Waals surface area contributed by atoms with Crippen molar-refractivity contribution in [1.82, 2.24) is 0 Å². The molecule has 2 aliphatic rings. The van der Waals surface area contributed by atoms with E-state index in [-0.39, 0.29) is 10.2 Å². The summed E-state index contributed by atoms with van der Waals surface area (Å²) in [5.74, 6) is 0. The zero-order valence-electron chi connectivity index (χ0n) is 14.9. The van der Waals surface area contributed by atoms with Crippen LogP contribution in [0.4, 0.5) is 0 Å². The van der Waals surface area contributed by atoms with E-state index in [1.807, 2.05) is 20.8 Å². The molecule has 1 aromatic carbocycles. The van der Waals surface area contributed by atoms with Crippen LogP contribution in [0.5, 0.6) is 0 Å². The van der Waals surface area contributed by atoms with E-state index in [0.717, 1.165) is 42.3 Å². The Labute approximate surface area is 156 Å². The zero-order chi connectivity index (χ0) is 17.5. The fourth-order valence-corrected chi connectivity index (χ4v) is 4.91. The molecule has 0 heterocycles. The Bertz CT molecular complexity index is 685. The topological polar surface area (TPSA) is 38.7 Å². The Morgan fingerprint density at radius 3 is 2.54 bits per heavy atom. The second kappa shape index (κ2) is 6.65. The van der Waals surface area contributed by atoms with E-state index >= 15 is 0 Å². The third-order valence-electron chi connectivity index (χ3n) is 5.28. The van der Waals surface area contributed by atoms with E-state index in [1.54, 1.807) is 7.11 Å². The number of halogens is 1. The highest BCUT2D eigenvalue weighted by Crippen LogP contribution is 2.49. The summed E-state index contributed by atoms with van der Waals surface area (Å²) in [5, 5.41) is 0. The molecule has 5 heteroatoms. The maximum Gasteiger partial charge on any atom is 0.145 e. The molecule has 1 aromatic rings. The highest BCUT2D eigenvalue weighted by Gasteiger charge is 2.46. The summed E-state index contributed by atoms with van der Waals surface area (Å²) >= 11 is 3.58. The molecule has 1 saturated carbocycles. The van der Waals surface area contributed by atoms with E-state index in [1.165, 1.54) is 11.1 Å². The molecule has 3 rings (SSSR count). The summed E-state index contributed by atoms with van der Waals surface area (Å²) in [4.78, 5) is 0. The molecule has 0 saturated heterocycles. The average molecular weight is 412 g/mol. The Kier molecular flexibility index (Phi) is 5.07. The number of ether oxygens (including phenoxy) is 1. The summed E-state index contributed by atoms with van der Waals surface area (Å²) in [7, 11) is 0.561. The lowest BCUT2D eigenvalue weighted by Crippen LogP contribution is -2.36. The number of fused-ring (bicyclic) bond motifs is 1. The van der Waals surface area contributed by atoms with Crippen molar-refractivity contribution in [3.05, 3.63) is 33.8 Å². The number of hydrogen-bond acceptors (Lipinski definition) is 2. The molecule has 0 aliphatic heterocycles. The lowest BCUT2D eigenvalue weighted by molar-refractivity contribution is 0.0468. The van der Waals surface area contributed by atoms with Crippen LogP contribution in [0, 0.1) is 5.41 Å². The predicted molar refractivity (Wildman–Crippen MR) is 104 cm³/mol. The van der Waals surface area contributed by atoms with Gasteiger partial charge in [0.25, 0.3) is 0 Å². The van der Waals surface area contributed by atoms with Gasteiger partial charge >= 0.3 is 0 Å². The second-order valence-corrected chi connectivity index (χ2v) is 10.8. The van der Waals surface area contributed by atoms with Crippen LogP contribution in [0.3, 0.4) is 0 Å². The van der Waals surface area contributed by atoms with Gasteiger partial charge in [-0.25, -0.2) is 4.21 Å². The van der Waals surface area contributed by atoms with E-state index in [0.29, 0.717) is 6.10 Å². The van der Waals surface area contributed by atoms with Gasteiger partial charge in [-0.15, -0.1) is 0 Å². The fraction of sp³-hybridized carbons (Fsp3) is 0.632. The van der Waals surface area contributed by atoms with Crippen molar-refractivity contribution in [2.24, 2.45) is 9.81 Å². The van der Waals surface area contributed by atoms with Gasteiger partial charge in [0, 0.05) is 22.6 Å². The molecular formula is C19H26BrNO2S. The van der Waals surface area contributed by atoms with Crippen LogP contribution < -0.4 is 0 Å². The average Bonchev–Trinajstić information content (AvgIpc) is 2.81. The summed E-state index contributed by atoms with van der Waals surface area (Å²) in [6.07, 6.45) is 5.56. The fourth-order valence-electron chi connectivity index (χ4n) is 3.82. The standard InChI is InChI=1S/C19H26BrNO2S/c1-18(2,3)24(22)21-17-16-11-14(20)6-5-13(16)12-19(17)9-7-15(23-4)8-10-19/h5-6,11,15H,7-10,12H2,1-4H3/b21-17-. The molecule has 1 fully saturated rings. The molecule has 0 bridgehead atoms. The largest absolute Gasteiger partial charge is 0.381 e. The van der Waals surface area contributed by atoms with Gasteiger partial charge in [-0.3, -0.25) is 0 Å². The van der Waals surface area contributed by atoms with Crippen LogP contribution in [-0.2, 0) is 22.1 Å². The van der Waals surface area contributed by atoms with Crippen LogP contribution in [0.15, 0.2) is 27.1 Å². The molecule has 2 aliphatic carbocycles. The molecule has 3 nitrogen and oxygen atoms in total. The molecule has 1 unspecified atom stereocenters. The zero-order valence-corrected chi connectivity index (χ0v) is 17.3. The first kappa shape index (κ1) is 18.3. The van der Waals surface area contributed by atoms with Crippen molar-refractivity contribution in [2.75, 3.05) is 7.11 Å². The first-order valence-electron chi connectivity index (χ1n) is 8.58. The normalized spacial score (nSPS) is 29.9. The summed E-state index contributed by atoms with van der Waals surface area (Å²) < 4.78 is 23.8. The number of benzene rings is 1. The third-order valence-corrected chi connectivity index (χ3v) is 7.17. The monoisotopic (exact) mass is 411 g/mol.